The van der Waals surface area contributed by atoms with Crippen LogP contribution in [0.3, 0.4) is 0 Å². The van der Waals surface area contributed by atoms with E-state index in [4.69, 9.17) is 18.5 Å². The number of rotatable bonds is 41. The van der Waals surface area contributed by atoms with Crippen molar-refractivity contribution in [2.75, 3.05) is 47.5 Å². The highest BCUT2D eigenvalue weighted by molar-refractivity contribution is 7.45. The molecule has 0 amide bonds. The summed E-state index contributed by atoms with van der Waals surface area (Å²) in [6.45, 7) is 4.08. The first-order valence-corrected chi connectivity index (χ1v) is 24.3. The largest absolute Gasteiger partial charge is 0.756 e. The van der Waals surface area contributed by atoms with Gasteiger partial charge in [-0.05, 0) is 51.4 Å². The van der Waals surface area contributed by atoms with Crippen molar-refractivity contribution >= 4 is 19.8 Å². The molecule has 0 fully saturated rings. The van der Waals surface area contributed by atoms with Crippen molar-refractivity contribution in [1.29, 1.82) is 0 Å². The molecule has 9 nitrogen and oxygen atoms in total. The number of esters is 2. The minimum Gasteiger partial charge on any atom is -0.756 e. The Balaban J connectivity index is 4.15. The first-order valence-electron chi connectivity index (χ1n) is 22.8. The Hall–Kier alpha value is -2.03. The molecule has 0 aromatic heterocycles. The van der Waals surface area contributed by atoms with E-state index in [0.717, 1.165) is 64.2 Å². The lowest BCUT2D eigenvalue weighted by molar-refractivity contribution is -0.870. The van der Waals surface area contributed by atoms with Gasteiger partial charge in [0, 0.05) is 12.8 Å². The lowest BCUT2D eigenvalue weighted by Crippen LogP contribution is -2.37. The van der Waals surface area contributed by atoms with Crippen molar-refractivity contribution in [3.8, 4) is 0 Å². The molecule has 0 heterocycles. The molecule has 0 aromatic carbocycles. The summed E-state index contributed by atoms with van der Waals surface area (Å²) in [5.41, 5.74) is 0. The summed E-state index contributed by atoms with van der Waals surface area (Å²) in [5.74, 6) is -0.840. The quantitative estimate of drug-likeness (QED) is 0.0197. The molecule has 2 unspecified atom stereocenters. The van der Waals surface area contributed by atoms with Crippen LogP contribution in [-0.2, 0) is 32.7 Å². The fraction of sp³-hybridized carbons (Fsp3) is 0.787. The fourth-order valence-corrected chi connectivity index (χ4v) is 6.79. The van der Waals surface area contributed by atoms with Crippen molar-refractivity contribution in [2.24, 2.45) is 0 Å². The first-order chi connectivity index (χ1) is 27.5. The van der Waals surface area contributed by atoms with Crippen LogP contribution < -0.4 is 4.89 Å². The molecule has 0 saturated heterocycles. The van der Waals surface area contributed by atoms with Crippen molar-refractivity contribution in [1.82, 2.24) is 0 Å². The number of phosphoric acid groups is 1. The number of allylic oxidation sites excluding steroid dienone is 8. The summed E-state index contributed by atoms with van der Waals surface area (Å²) >= 11 is 0. The van der Waals surface area contributed by atoms with Crippen LogP contribution in [-0.4, -0.2) is 70.0 Å². The molecular weight excluding hydrogens is 737 g/mol. The van der Waals surface area contributed by atoms with Crippen LogP contribution in [0, 0.1) is 0 Å². The van der Waals surface area contributed by atoms with Gasteiger partial charge in [-0.25, -0.2) is 0 Å². The van der Waals surface area contributed by atoms with E-state index in [0.29, 0.717) is 17.4 Å². The zero-order valence-corrected chi connectivity index (χ0v) is 38.2. The van der Waals surface area contributed by atoms with Crippen molar-refractivity contribution < 1.29 is 42.1 Å². The minimum absolute atomic E-state index is 0.0312. The third-order valence-electron chi connectivity index (χ3n) is 9.61. The van der Waals surface area contributed by atoms with E-state index in [9.17, 15) is 19.0 Å². The molecule has 2 atom stereocenters. The third-order valence-corrected chi connectivity index (χ3v) is 10.6. The maximum absolute atomic E-state index is 12.7. The van der Waals surface area contributed by atoms with Gasteiger partial charge in [0.05, 0.1) is 27.7 Å². The van der Waals surface area contributed by atoms with Gasteiger partial charge in [-0.1, -0.05) is 172 Å². The highest BCUT2D eigenvalue weighted by Crippen LogP contribution is 2.38. The van der Waals surface area contributed by atoms with Gasteiger partial charge < -0.3 is 27.9 Å². The standard InChI is InChI=1S/C47H86NO8P/c1-6-8-10-12-14-16-17-18-19-20-21-22-23-24-25-26-27-28-29-30-31-32-34-36-38-40-47(50)56-45(44-55-57(51,52)54-42-41-48(3,4)5)43-53-46(49)39-37-35-33-15-13-11-9-7-2/h8,10,14,16,18-19,21-22,45H,6-7,9,11-13,15,17,20,23-44H2,1-5H3/b10-8-,16-14-,19-18-,22-21-. The highest BCUT2D eigenvalue weighted by Gasteiger charge is 2.21. The Labute approximate surface area is 350 Å². The molecule has 0 spiro atoms. The Morgan fingerprint density at radius 2 is 1.00 bits per heavy atom. The summed E-state index contributed by atoms with van der Waals surface area (Å²) in [6, 6.07) is 0. The number of nitrogens with zero attached hydrogens (tertiary/aromatic N) is 1. The summed E-state index contributed by atoms with van der Waals surface area (Å²) in [5, 5.41) is 0. The second-order valence-electron chi connectivity index (χ2n) is 16.4. The van der Waals surface area contributed by atoms with Crippen LogP contribution in [0.4, 0.5) is 0 Å². The molecule has 0 aromatic rings. The number of ether oxygens (including phenoxy) is 2. The number of carbonyl (C=O) groups is 2. The average molecular weight is 824 g/mol. The number of quaternary nitrogens is 1. The summed E-state index contributed by atoms with van der Waals surface area (Å²) in [6.07, 6.45) is 45.9. The van der Waals surface area contributed by atoms with Crippen LogP contribution in [0.5, 0.6) is 0 Å². The van der Waals surface area contributed by atoms with Crippen molar-refractivity contribution in [3.05, 3.63) is 48.6 Å². The van der Waals surface area contributed by atoms with Crippen molar-refractivity contribution in [3.63, 3.8) is 0 Å². The van der Waals surface area contributed by atoms with E-state index in [1.807, 2.05) is 21.1 Å². The van der Waals surface area contributed by atoms with E-state index in [-0.39, 0.29) is 32.0 Å². The van der Waals surface area contributed by atoms with Gasteiger partial charge >= 0.3 is 11.9 Å². The molecule has 0 aliphatic heterocycles. The van der Waals surface area contributed by atoms with Crippen LogP contribution in [0.2, 0.25) is 0 Å². The molecule has 332 valence electrons. The lowest BCUT2D eigenvalue weighted by atomic mass is 10.0. The lowest BCUT2D eigenvalue weighted by Gasteiger charge is -2.28. The van der Waals surface area contributed by atoms with Crippen LogP contribution in [0.1, 0.15) is 187 Å². The van der Waals surface area contributed by atoms with E-state index >= 15 is 0 Å². The number of hydrogen-bond donors (Lipinski definition) is 0. The van der Waals surface area contributed by atoms with Gasteiger partial charge in [-0.2, -0.15) is 0 Å². The number of hydrogen-bond acceptors (Lipinski definition) is 8. The Bertz CT molecular complexity index is 1110. The maximum Gasteiger partial charge on any atom is 0.306 e. The number of carbonyl (C=O) groups excluding carboxylic acids is 2. The Kier molecular flexibility index (Phi) is 38.0. The fourth-order valence-electron chi connectivity index (χ4n) is 6.06. The third kappa shape index (κ3) is 43.4. The van der Waals surface area contributed by atoms with E-state index in [1.165, 1.54) is 89.9 Å². The molecule has 0 aliphatic rings. The second-order valence-corrected chi connectivity index (χ2v) is 17.8. The van der Waals surface area contributed by atoms with Gasteiger partial charge in [-0.3, -0.25) is 14.2 Å². The Morgan fingerprint density at radius 3 is 1.49 bits per heavy atom. The van der Waals surface area contributed by atoms with Gasteiger partial charge in [0.1, 0.15) is 19.8 Å². The van der Waals surface area contributed by atoms with Gasteiger partial charge in [-0.15, -0.1) is 0 Å². The average Bonchev–Trinajstić information content (AvgIpc) is 3.16. The van der Waals surface area contributed by atoms with Crippen LogP contribution in [0.15, 0.2) is 48.6 Å². The van der Waals surface area contributed by atoms with Gasteiger partial charge in [0.2, 0.25) is 0 Å². The number of unbranched alkanes of at least 4 members (excludes halogenated alkanes) is 19. The summed E-state index contributed by atoms with van der Waals surface area (Å²) < 4.78 is 33.8. The normalized spacial score (nSPS) is 14.0. The molecule has 0 radical (unpaired) electrons. The van der Waals surface area contributed by atoms with Crippen molar-refractivity contribution in [2.45, 2.75) is 193 Å². The molecule has 57 heavy (non-hydrogen) atoms. The zero-order valence-electron chi connectivity index (χ0n) is 37.3. The maximum atomic E-state index is 12.7. The smallest absolute Gasteiger partial charge is 0.306 e. The molecule has 0 rings (SSSR count). The zero-order chi connectivity index (χ0) is 42.1. The van der Waals surface area contributed by atoms with E-state index < -0.39 is 26.5 Å². The second kappa shape index (κ2) is 39.4. The van der Waals surface area contributed by atoms with Gasteiger partial charge in [0.25, 0.3) is 7.82 Å². The number of phosphoric ester groups is 1. The summed E-state index contributed by atoms with van der Waals surface area (Å²) in [4.78, 5) is 37.4. The Morgan fingerprint density at radius 1 is 0.561 bits per heavy atom. The molecule has 0 bridgehead atoms. The van der Waals surface area contributed by atoms with E-state index in [2.05, 4.69) is 62.5 Å². The molecule has 0 aliphatic carbocycles. The van der Waals surface area contributed by atoms with Gasteiger partial charge in [0.15, 0.2) is 6.10 Å². The SMILES string of the molecule is CC/C=C\C/C=C\C/C=C\C/C=C\CCCCCCCCCCCCCCC(=O)OC(COC(=O)CCCCCCCCCC)COP(=O)([O-])OCC[N+](C)(C)C. The van der Waals surface area contributed by atoms with Crippen LogP contribution >= 0.6 is 7.82 Å². The number of likely N-dealkylation sites (N-methyl/N-ethyl adjacent to an activating group) is 1. The topological polar surface area (TPSA) is 111 Å². The van der Waals surface area contributed by atoms with Crippen LogP contribution in [0.25, 0.3) is 0 Å². The monoisotopic (exact) mass is 824 g/mol. The predicted molar refractivity (Wildman–Crippen MR) is 236 cm³/mol. The highest BCUT2D eigenvalue weighted by atomic mass is 31.2. The minimum atomic E-state index is -4.62. The molecule has 0 saturated carbocycles. The molecular formula is C47H86NO8P. The first kappa shape index (κ1) is 55.0. The molecule has 0 N–H and O–H groups in total. The van der Waals surface area contributed by atoms with E-state index in [1.54, 1.807) is 0 Å². The molecule has 10 heteroatoms. The summed E-state index contributed by atoms with van der Waals surface area (Å²) in [7, 11) is 1.16. The predicted octanol–water partition coefficient (Wildman–Crippen LogP) is 12.4.